The third-order valence-corrected chi connectivity index (χ3v) is 3.59. The first kappa shape index (κ1) is 13.1. The van der Waals surface area contributed by atoms with Crippen LogP contribution in [0, 0.1) is 5.82 Å². The van der Waals surface area contributed by atoms with Gasteiger partial charge < -0.3 is 4.74 Å². The Kier molecular flexibility index (Phi) is 4.73. The number of carbonyl (C=O) groups excluding carboxylic acids is 1. The number of methoxy groups -OCH3 is 1. The van der Waals surface area contributed by atoms with Gasteiger partial charge in [-0.1, -0.05) is 37.9 Å². The Hall–Kier alpha value is 0.0600. The van der Waals surface area contributed by atoms with Gasteiger partial charge >= 0.3 is 5.97 Å². The summed E-state index contributed by atoms with van der Waals surface area (Å²) in [7, 11) is 1.21. The third kappa shape index (κ3) is 2.79. The molecule has 2 nitrogen and oxygen atoms in total. The summed E-state index contributed by atoms with van der Waals surface area (Å²) in [5.41, 5.74) is 0.621. The Balaban J connectivity index is 3.36. The predicted octanol–water partition coefficient (Wildman–Crippen LogP) is 4.16. The largest absolute Gasteiger partial charge is 0.465 e. The standard InChI is InChI=1S/C9H6Br3FO2/c1-15-9(14)6-5(13)3-2-4(7(6)10)8(11)12/h2-3,8H,1H3. The van der Waals surface area contributed by atoms with Gasteiger partial charge in [0.25, 0.3) is 0 Å². The van der Waals surface area contributed by atoms with Crippen LogP contribution in [0.15, 0.2) is 16.6 Å². The minimum absolute atomic E-state index is 0.0982. The summed E-state index contributed by atoms with van der Waals surface area (Å²) in [6.45, 7) is 0. The highest BCUT2D eigenvalue weighted by Gasteiger charge is 2.20. The maximum absolute atomic E-state index is 13.4. The van der Waals surface area contributed by atoms with Crippen molar-refractivity contribution in [3.05, 3.63) is 33.5 Å². The first-order valence-corrected chi connectivity index (χ1v) is 6.45. The van der Waals surface area contributed by atoms with Gasteiger partial charge in [-0.25, -0.2) is 9.18 Å². The van der Waals surface area contributed by atoms with Crippen LogP contribution >= 0.6 is 47.8 Å². The molecule has 0 atom stereocenters. The van der Waals surface area contributed by atoms with E-state index in [1.165, 1.54) is 13.2 Å². The molecule has 0 heterocycles. The summed E-state index contributed by atoms with van der Waals surface area (Å²) in [5, 5.41) is 0. The summed E-state index contributed by atoms with van der Waals surface area (Å²) < 4.78 is 18.1. The molecule has 6 heteroatoms. The average Bonchev–Trinajstić information content (AvgIpc) is 2.16. The van der Waals surface area contributed by atoms with E-state index >= 15 is 0 Å². The third-order valence-electron chi connectivity index (χ3n) is 1.75. The van der Waals surface area contributed by atoms with Gasteiger partial charge in [0.2, 0.25) is 0 Å². The Morgan fingerprint density at radius 1 is 1.47 bits per heavy atom. The Bertz CT molecular complexity index is 393. The maximum atomic E-state index is 13.4. The minimum Gasteiger partial charge on any atom is -0.465 e. The number of rotatable bonds is 2. The fraction of sp³-hybridized carbons (Fsp3) is 0.222. The lowest BCUT2D eigenvalue weighted by Crippen LogP contribution is -2.07. The number of benzene rings is 1. The summed E-state index contributed by atoms with van der Waals surface area (Å²) in [6, 6.07) is 2.79. The van der Waals surface area contributed by atoms with Crippen molar-refractivity contribution < 1.29 is 13.9 Å². The van der Waals surface area contributed by atoms with Crippen molar-refractivity contribution in [1.82, 2.24) is 0 Å². The SMILES string of the molecule is COC(=O)c1c(F)ccc(C(Br)Br)c1Br. The van der Waals surface area contributed by atoms with Crippen LogP contribution in [-0.2, 0) is 4.74 Å². The van der Waals surface area contributed by atoms with E-state index in [-0.39, 0.29) is 9.30 Å². The van der Waals surface area contributed by atoms with Crippen LogP contribution in [0.1, 0.15) is 19.7 Å². The number of esters is 1. The summed E-state index contributed by atoms with van der Waals surface area (Å²) >= 11 is 9.72. The monoisotopic (exact) mass is 402 g/mol. The van der Waals surface area contributed by atoms with Crippen LogP contribution < -0.4 is 0 Å². The molecule has 0 aliphatic rings. The first-order valence-electron chi connectivity index (χ1n) is 3.83. The van der Waals surface area contributed by atoms with E-state index < -0.39 is 11.8 Å². The molecule has 0 saturated carbocycles. The molecule has 15 heavy (non-hydrogen) atoms. The molecule has 0 saturated heterocycles. The van der Waals surface area contributed by atoms with Crippen molar-refractivity contribution in [3.63, 3.8) is 0 Å². The van der Waals surface area contributed by atoms with Gasteiger partial charge in [0.1, 0.15) is 11.4 Å². The fourth-order valence-electron chi connectivity index (χ4n) is 1.03. The molecule has 0 unspecified atom stereocenters. The Morgan fingerprint density at radius 3 is 2.53 bits per heavy atom. The second-order valence-corrected chi connectivity index (χ2v) is 6.47. The molecular formula is C9H6Br3FO2. The van der Waals surface area contributed by atoms with Crippen LogP contribution in [-0.4, -0.2) is 13.1 Å². The van der Waals surface area contributed by atoms with E-state index in [1.807, 2.05) is 0 Å². The maximum Gasteiger partial charge on any atom is 0.342 e. The smallest absolute Gasteiger partial charge is 0.342 e. The second kappa shape index (κ2) is 5.41. The van der Waals surface area contributed by atoms with Crippen LogP contribution in [0.25, 0.3) is 0 Å². The zero-order chi connectivity index (χ0) is 11.6. The molecule has 0 amide bonds. The van der Waals surface area contributed by atoms with Crippen LogP contribution in [0.4, 0.5) is 4.39 Å². The topological polar surface area (TPSA) is 26.3 Å². The molecule has 0 aromatic heterocycles. The highest BCUT2D eigenvalue weighted by atomic mass is 79.9. The quantitative estimate of drug-likeness (QED) is 0.546. The molecule has 0 spiro atoms. The molecule has 0 aliphatic carbocycles. The molecule has 0 fully saturated rings. The van der Waals surface area contributed by atoms with Gasteiger partial charge in [0, 0.05) is 4.47 Å². The molecular weight excluding hydrogens is 399 g/mol. The number of hydrogen-bond acceptors (Lipinski definition) is 2. The van der Waals surface area contributed by atoms with Gasteiger partial charge in [0.05, 0.1) is 10.8 Å². The van der Waals surface area contributed by atoms with Crippen molar-refractivity contribution in [2.75, 3.05) is 7.11 Å². The van der Waals surface area contributed by atoms with Crippen LogP contribution in [0.3, 0.4) is 0 Å². The summed E-state index contributed by atoms with van der Waals surface area (Å²) in [5.74, 6) is -1.32. The van der Waals surface area contributed by atoms with E-state index in [2.05, 4.69) is 52.5 Å². The highest BCUT2D eigenvalue weighted by molar-refractivity contribution is 9.24. The Labute approximate surface area is 112 Å². The molecule has 0 N–H and O–H groups in total. The molecule has 0 bridgehead atoms. The number of ether oxygens (including phenoxy) is 1. The lowest BCUT2D eigenvalue weighted by molar-refractivity contribution is 0.0594. The van der Waals surface area contributed by atoms with Gasteiger partial charge in [-0.05, 0) is 27.6 Å². The second-order valence-electron chi connectivity index (χ2n) is 2.62. The van der Waals surface area contributed by atoms with E-state index in [9.17, 15) is 9.18 Å². The van der Waals surface area contributed by atoms with E-state index in [0.717, 1.165) is 5.56 Å². The normalized spacial score (nSPS) is 10.5. The molecule has 0 radical (unpaired) electrons. The summed E-state index contributed by atoms with van der Waals surface area (Å²) in [4.78, 5) is 11.3. The van der Waals surface area contributed by atoms with Gasteiger partial charge in [0.15, 0.2) is 0 Å². The van der Waals surface area contributed by atoms with Crippen molar-refractivity contribution in [1.29, 1.82) is 0 Å². The minimum atomic E-state index is -0.707. The number of carbonyl (C=O) groups is 1. The van der Waals surface area contributed by atoms with Crippen molar-refractivity contribution in [2.45, 2.75) is 3.74 Å². The number of alkyl halides is 2. The van der Waals surface area contributed by atoms with Crippen molar-refractivity contribution in [3.8, 4) is 0 Å². The number of halogens is 4. The molecule has 1 aromatic carbocycles. The van der Waals surface area contributed by atoms with Crippen molar-refractivity contribution >= 4 is 53.8 Å². The molecule has 1 aromatic rings. The zero-order valence-electron chi connectivity index (χ0n) is 7.56. The van der Waals surface area contributed by atoms with Gasteiger partial charge in [-0.15, -0.1) is 0 Å². The van der Waals surface area contributed by atoms with Crippen molar-refractivity contribution in [2.24, 2.45) is 0 Å². The first-order chi connectivity index (χ1) is 6.99. The van der Waals surface area contributed by atoms with Gasteiger partial charge in [-0.2, -0.15) is 0 Å². The molecule has 1 rings (SSSR count). The lowest BCUT2D eigenvalue weighted by atomic mass is 10.1. The highest BCUT2D eigenvalue weighted by Crippen LogP contribution is 2.37. The lowest BCUT2D eigenvalue weighted by Gasteiger charge is -2.10. The number of hydrogen-bond donors (Lipinski definition) is 0. The van der Waals surface area contributed by atoms with Crippen LogP contribution in [0.5, 0.6) is 0 Å². The summed E-state index contributed by atoms with van der Waals surface area (Å²) in [6.07, 6.45) is 0. The molecule has 0 aliphatic heterocycles. The van der Waals surface area contributed by atoms with Gasteiger partial charge in [-0.3, -0.25) is 0 Å². The average molecular weight is 405 g/mol. The van der Waals surface area contributed by atoms with Crippen LogP contribution in [0.2, 0.25) is 0 Å². The van der Waals surface area contributed by atoms with E-state index in [0.29, 0.717) is 4.47 Å². The van der Waals surface area contributed by atoms with E-state index in [1.54, 1.807) is 6.07 Å². The Morgan fingerprint density at radius 2 is 2.07 bits per heavy atom. The fourth-order valence-corrected chi connectivity index (χ4v) is 3.12. The predicted molar refractivity (Wildman–Crippen MR) is 66.0 cm³/mol. The molecule has 82 valence electrons. The van der Waals surface area contributed by atoms with E-state index in [4.69, 9.17) is 0 Å². The zero-order valence-corrected chi connectivity index (χ0v) is 12.3.